The number of carbonyl (C=O) groups is 1. The molecular formula is C16H20N2O3S. The molecule has 0 bridgehead atoms. The highest BCUT2D eigenvalue weighted by Gasteiger charge is 2.06. The largest absolute Gasteiger partial charge is 0.467 e. The van der Waals surface area contributed by atoms with E-state index in [1.807, 2.05) is 18.2 Å². The number of nitrogens with zero attached hydrogens (tertiary/aromatic N) is 1. The normalized spacial score (nSPS) is 10.6. The van der Waals surface area contributed by atoms with Crippen LogP contribution in [0.4, 0.5) is 0 Å². The molecule has 0 fully saturated rings. The number of hydrogen-bond acceptors (Lipinski definition) is 5. The fraction of sp³-hybridized carbons (Fsp3) is 0.375. The summed E-state index contributed by atoms with van der Waals surface area (Å²) in [4.78, 5) is 16.2. The van der Waals surface area contributed by atoms with Crippen LogP contribution in [0, 0.1) is 0 Å². The van der Waals surface area contributed by atoms with Crippen LogP contribution in [0.5, 0.6) is 0 Å². The molecule has 2 aromatic rings. The van der Waals surface area contributed by atoms with Crippen molar-refractivity contribution in [3.05, 3.63) is 48.0 Å². The zero-order chi connectivity index (χ0) is 15.6. The summed E-state index contributed by atoms with van der Waals surface area (Å²) < 4.78 is 10.6. The van der Waals surface area contributed by atoms with Crippen LogP contribution in [0.25, 0.3) is 0 Å². The lowest BCUT2D eigenvalue weighted by molar-refractivity contribution is 0.0916. The van der Waals surface area contributed by atoms with Gasteiger partial charge < -0.3 is 14.5 Å². The summed E-state index contributed by atoms with van der Waals surface area (Å²) in [5, 5.41) is 3.75. The van der Waals surface area contributed by atoms with E-state index in [-0.39, 0.29) is 5.91 Å². The van der Waals surface area contributed by atoms with Crippen LogP contribution in [0.3, 0.4) is 0 Å². The molecule has 0 saturated carbocycles. The highest BCUT2D eigenvalue weighted by atomic mass is 32.2. The maximum Gasteiger partial charge on any atom is 0.251 e. The second-order valence-electron chi connectivity index (χ2n) is 4.56. The molecule has 0 aromatic carbocycles. The lowest BCUT2D eigenvalue weighted by Crippen LogP contribution is -2.25. The van der Waals surface area contributed by atoms with Crippen LogP contribution in [0.1, 0.15) is 29.5 Å². The van der Waals surface area contributed by atoms with Crippen molar-refractivity contribution in [1.82, 2.24) is 10.3 Å². The van der Waals surface area contributed by atoms with Gasteiger partial charge in [-0.2, -0.15) is 0 Å². The Hall–Kier alpha value is -1.79. The molecule has 0 saturated heterocycles. The summed E-state index contributed by atoms with van der Waals surface area (Å²) in [6.07, 6.45) is 4.05. The maximum atomic E-state index is 12.0. The Bertz CT molecular complexity index is 573. The molecule has 5 nitrogen and oxygen atoms in total. The molecule has 0 spiro atoms. The van der Waals surface area contributed by atoms with Crippen LogP contribution >= 0.6 is 11.8 Å². The molecule has 0 unspecified atom stereocenters. The molecule has 2 rings (SSSR count). The fourth-order valence-electron chi connectivity index (χ4n) is 1.82. The summed E-state index contributed by atoms with van der Waals surface area (Å²) >= 11 is 1.62. The Labute approximate surface area is 134 Å². The molecule has 0 aliphatic heterocycles. The van der Waals surface area contributed by atoms with Gasteiger partial charge in [0.15, 0.2) is 0 Å². The van der Waals surface area contributed by atoms with Crippen LogP contribution in [-0.2, 0) is 11.3 Å². The van der Waals surface area contributed by atoms with Gasteiger partial charge in [0, 0.05) is 24.9 Å². The average Bonchev–Trinajstić information content (AvgIpc) is 3.04. The first kappa shape index (κ1) is 16.6. The van der Waals surface area contributed by atoms with E-state index in [0.29, 0.717) is 25.3 Å². The zero-order valence-corrected chi connectivity index (χ0v) is 13.4. The first-order chi connectivity index (χ1) is 10.8. The second kappa shape index (κ2) is 9.27. The summed E-state index contributed by atoms with van der Waals surface area (Å²) in [5.41, 5.74) is 0.641. The number of carbonyl (C=O) groups excluding carboxylic acids is 1. The van der Waals surface area contributed by atoms with Gasteiger partial charge in [-0.15, -0.1) is 11.8 Å². The van der Waals surface area contributed by atoms with Crippen LogP contribution in [0.2, 0.25) is 0 Å². The first-order valence-electron chi connectivity index (χ1n) is 7.26. The van der Waals surface area contributed by atoms with Crippen molar-refractivity contribution >= 4 is 17.7 Å². The number of rotatable bonds is 9. The highest BCUT2D eigenvalue weighted by molar-refractivity contribution is 7.99. The zero-order valence-electron chi connectivity index (χ0n) is 12.6. The van der Waals surface area contributed by atoms with Gasteiger partial charge in [-0.3, -0.25) is 4.79 Å². The van der Waals surface area contributed by atoms with E-state index in [2.05, 4.69) is 17.2 Å². The van der Waals surface area contributed by atoms with Crippen LogP contribution in [0.15, 0.2) is 46.2 Å². The number of furan rings is 1. The number of aromatic nitrogens is 1. The molecule has 2 heterocycles. The lowest BCUT2D eigenvalue weighted by atomic mass is 10.2. The van der Waals surface area contributed by atoms with E-state index in [9.17, 15) is 4.79 Å². The summed E-state index contributed by atoms with van der Waals surface area (Å²) in [6, 6.07) is 7.25. The predicted molar refractivity (Wildman–Crippen MR) is 85.9 cm³/mol. The van der Waals surface area contributed by atoms with Crippen LogP contribution in [-0.4, -0.2) is 29.8 Å². The molecule has 0 atom stereocenters. The summed E-state index contributed by atoms with van der Waals surface area (Å²) in [7, 11) is 0. The van der Waals surface area contributed by atoms with Gasteiger partial charge in [-0.25, -0.2) is 4.98 Å². The third kappa shape index (κ3) is 5.54. The Morgan fingerprint density at radius 1 is 1.45 bits per heavy atom. The maximum absolute atomic E-state index is 12.0. The third-order valence-corrected chi connectivity index (χ3v) is 3.67. The number of thioether (sulfide) groups is 1. The lowest BCUT2D eigenvalue weighted by Gasteiger charge is -2.06. The first-order valence-corrected chi connectivity index (χ1v) is 8.25. The quantitative estimate of drug-likeness (QED) is 0.568. The molecule has 2 aromatic heterocycles. The Kier molecular flexibility index (Phi) is 6.99. The fourth-order valence-corrected chi connectivity index (χ4v) is 2.46. The molecule has 0 aliphatic rings. The van der Waals surface area contributed by atoms with Gasteiger partial charge in [0.1, 0.15) is 12.4 Å². The van der Waals surface area contributed by atoms with Gasteiger partial charge in [0.05, 0.1) is 11.3 Å². The molecule has 1 N–H and O–H groups in total. The molecule has 1 amide bonds. The monoisotopic (exact) mass is 320 g/mol. The molecule has 0 aliphatic carbocycles. The van der Waals surface area contributed by atoms with Crippen molar-refractivity contribution in [2.75, 3.05) is 18.9 Å². The van der Waals surface area contributed by atoms with Crippen LogP contribution < -0.4 is 5.32 Å². The Morgan fingerprint density at radius 3 is 3.14 bits per heavy atom. The molecule has 22 heavy (non-hydrogen) atoms. The second-order valence-corrected chi connectivity index (χ2v) is 5.84. The van der Waals surface area contributed by atoms with E-state index in [1.54, 1.807) is 30.3 Å². The summed E-state index contributed by atoms with van der Waals surface area (Å²) in [5.74, 6) is 1.67. The standard InChI is InChI=1S/C16H20N2O3S/c1-2-22-15-11-13(6-8-17-15)16(19)18-7-4-9-20-12-14-5-3-10-21-14/h3,5-6,8,10-11H,2,4,7,9,12H2,1H3,(H,18,19). The van der Waals surface area contributed by atoms with Gasteiger partial charge in [0.25, 0.3) is 5.91 Å². The minimum Gasteiger partial charge on any atom is -0.467 e. The summed E-state index contributed by atoms with van der Waals surface area (Å²) in [6.45, 7) is 3.68. The highest BCUT2D eigenvalue weighted by Crippen LogP contribution is 2.15. The number of amides is 1. The van der Waals surface area contributed by atoms with Gasteiger partial charge in [0.2, 0.25) is 0 Å². The van der Waals surface area contributed by atoms with E-state index in [1.165, 1.54) is 0 Å². The van der Waals surface area contributed by atoms with Gasteiger partial charge in [-0.05, 0) is 36.4 Å². The molecule has 6 heteroatoms. The number of hydrogen-bond donors (Lipinski definition) is 1. The van der Waals surface area contributed by atoms with E-state index in [4.69, 9.17) is 9.15 Å². The molecule has 0 radical (unpaired) electrons. The van der Waals surface area contributed by atoms with Crippen molar-refractivity contribution < 1.29 is 13.9 Å². The third-order valence-electron chi connectivity index (χ3n) is 2.86. The Morgan fingerprint density at radius 2 is 2.36 bits per heavy atom. The minimum atomic E-state index is -0.0774. The van der Waals surface area contributed by atoms with E-state index >= 15 is 0 Å². The predicted octanol–water partition coefficient (Wildman–Crippen LogP) is 3.12. The van der Waals surface area contributed by atoms with E-state index < -0.39 is 0 Å². The Balaban J connectivity index is 1.64. The van der Waals surface area contributed by atoms with Crippen molar-refractivity contribution in [3.63, 3.8) is 0 Å². The SMILES string of the molecule is CCSc1cc(C(=O)NCCCOCc2ccco2)ccn1. The number of nitrogens with one attached hydrogen (secondary N) is 1. The van der Waals surface area contributed by atoms with Gasteiger partial charge >= 0.3 is 0 Å². The average molecular weight is 320 g/mol. The smallest absolute Gasteiger partial charge is 0.251 e. The number of pyridine rings is 1. The molecule has 118 valence electrons. The van der Waals surface area contributed by atoms with Crippen molar-refractivity contribution in [2.45, 2.75) is 25.0 Å². The van der Waals surface area contributed by atoms with E-state index in [0.717, 1.165) is 23.0 Å². The van der Waals surface area contributed by atoms with Gasteiger partial charge in [-0.1, -0.05) is 6.92 Å². The van der Waals surface area contributed by atoms with Crippen molar-refractivity contribution in [2.24, 2.45) is 0 Å². The topological polar surface area (TPSA) is 64.4 Å². The van der Waals surface area contributed by atoms with Crippen molar-refractivity contribution in [3.8, 4) is 0 Å². The minimum absolute atomic E-state index is 0.0774. The van der Waals surface area contributed by atoms with Crippen molar-refractivity contribution in [1.29, 1.82) is 0 Å². The molecular weight excluding hydrogens is 300 g/mol. The number of ether oxygens (including phenoxy) is 1.